The van der Waals surface area contributed by atoms with Gasteiger partial charge in [-0.25, -0.2) is 0 Å². The van der Waals surface area contributed by atoms with Crippen molar-refractivity contribution in [3.05, 3.63) is 22.4 Å². The third kappa shape index (κ3) is 3.54. The summed E-state index contributed by atoms with van der Waals surface area (Å²) in [5, 5.41) is 2.11. The van der Waals surface area contributed by atoms with Crippen LogP contribution in [0.25, 0.3) is 0 Å². The van der Waals surface area contributed by atoms with Gasteiger partial charge in [0.25, 0.3) is 0 Å². The van der Waals surface area contributed by atoms with Crippen LogP contribution in [0.15, 0.2) is 17.5 Å². The van der Waals surface area contributed by atoms with Crippen LogP contribution in [0.4, 0.5) is 0 Å². The Hall–Kier alpha value is -0.870. The first kappa shape index (κ1) is 12.6. The molecular weight excluding hydrogens is 232 g/mol. The summed E-state index contributed by atoms with van der Waals surface area (Å²) in [4.78, 5) is 17.6. The lowest BCUT2D eigenvalue weighted by Gasteiger charge is -2.21. The van der Waals surface area contributed by atoms with E-state index < -0.39 is 0 Å². The molecule has 4 heteroatoms. The van der Waals surface area contributed by atoms with Crippen LogP contribution >= 0.6 is 11.3 Å². The molecule has 1 fully saturated rings. The summed E-state index contributed by atoms with van der Waals surface area (Å²) in [7, 11) is 0. The lowest BCUT2D eigenvalue weighted by molar-refractivity contribution is -0.130. The second-order valence-corrected chi connectivity index (χ2v) is 5.52. The molecule has 0 saturated carbocycles. The van der Waals surface area contributed by atoms with Crippen LogP contribution < -0.4 is 0 Å². The average molecular weight is 252 g/mol. The van der Waals surface area contributed by atoms with Crippen LogP contribution in [0.3, 0.4) is 0 Å². The summed E-state index contributed by atoms with van der Waals surface area (Å²) < 4.78 is 0. The molecule has 0 unspecified atom stereocenters. The number of rotatable bonds is 4. The molecule has 2 heterocycles. The highest BCUT2D eigenvalue weighted by Crippen LogP contribution is 2.14. The van der Waals surface area contributed by atoms with E-state index in [0.29, 0.717) is 12.3 Å². The summed E-state index contributed by atoms with van der Waals surface area (Å²) in [5.41, 5.74) is 0. The number of amides is 1. The van der Waals surface area contributed by atoms with Gasteiger partial charge >= 0.3 is 0 Å². The van der Waals surface area contributed by atoms with Gasteiger partial charge in [-0.05, 0) is 17.9 Å². The Morgan fingerprint density at radius 3 is 2.94 bits per heavy atom. The van der Waals surface area contributed by atoms with Crippen molar-refractivity contribution in [2.45, 2.75) is 26.3 Å². The molecule has 0 N–H and O–H groups in total. The summed E-state index contributed by atoms with van der Waals surface area (Å²) >= 11 is 1.80. The van der Waals surface area contributed by atoms with E-state index in [1.165, 1.54) is 4.88 Å². The van der Waals surface area contributed by atoms with E-state index in [1.54, 1.807) is 11.3 Å². The van der Waals surface area contributed by atoms with Gasteiger partial charge in [-0.2, -0.15) is 0 Å². The topological polar surface area (TPSA) is 23.6 Å². The Morgan fingerprint density at radius 2 is 2.24 bits per heavy atom. The van der Waals surface area contributed by atoms with Crippen LogP contribution in [-0.4, -0.2) is 41.9 Å². The van der Waals surface area contributed by atoms with Crippen molar-refractivity contribution >= 4 is 17.2 Å². The number of hydrogen-bond acceptors (Lipinski definition) is 3. The third-order valence-electron chi connectivity index (χ3n) is 3.13. The van der Waals surface area contributed by atoms with Gasteiger partial charge in [0.1, 0.15) is 0 Å². The van der Waals surface area contributed by atoms with Crippen molar-refractivity contribution in [1.29, 1.82) is 0 Å². The minimum Gasteiger partial charge on any atom is -0.341 e. The smallest absolute Gasteiger partial charge is 0.223 e. The maximum absolute atomic E-state index is 11.9. The monoisotopic (exact) mass is 252 g/mol. The number of nitrogens with zero attached hydrogens (tertiary/aromatic N) is 2. The molecule has 1 amide bonds. The van der Waals surface area contributed by atoms with Gasteiger partial charge in [0, 0.05) is 44.0 Å². The predicted octanol–water partition coefficient (Wildman–Crippen LogP) is 2.19. The molecule has 0 aliphatic carbocycles. The van der Waals surface area contributed by atoms with Crippen molar-refractivity contribution in [3.8, 4) is 0 Å². The van der Waals surface area contributed by atoms with Crippen molar-refractivity contribution in [1.82, 2.24) is 9.80 Å². The molecule has 3 nitrogen and oxygen atoms in total. The van der Waals surface area contributed by atoms with Crippen LogP contribution in [0.5, 0.6) is 0 Å². The first-order chi connectivity index (χ1) is 8.29. The van der Waals surface area contributed by atoms with Crippen molar-refractivity contribution in [3.63, 3.8) is 0 Å². The summed E-state index contributed by atoms with van der Waals surface area (Å²) in [5.74, 6) is 0.320. The fourth-order valence-electron chi connectivity index (χ4n) is 2.20. The molecule has 0 aromatic carbocycles. The second-order valence-electron chi connectivity index (χ2n) is 4.49. The Bertz CT molecular complexity index is 350. The number of carbonyl (C=O) groups excluding carboxylic acids is 1. The van der Waals surface area contributed by atoms with Gasteiger partial charge < -0.3 is 4.90 Å². The van der Waals surface area contributed by atoms with Gasteiger partial charge in [0.05, 0.1) is 0 Å². The molecule has 1 aromatic rings. The SMILES string of the molecule is CCCN1CCN(Cc2cccs2)CCC1=O. The van der Waals surface area contributed by atoms with Crippen molar-refractivity contribution < 1.29 is 4.79 Å². The molecule has 1 aliphatic rings. The van der Waals surface area contributed by atoms with Crippen LogP contribution in [0.2, 0.25) is 0 Å². The first-order valence-corrected chi connectivity index (χ1v) is 7.20. The Morgan fingerprint density at radius 1 is 1.35 bits per heavy atom. The van der Waals surface area contributed by atoms with Crippen LogP contribution in [0.1, 0.15) is 24.6 Å². The molecule has 2 rings (SSSR count). The zero-order valence-corrected chi connectivity index (χ0v) is 11.2. The molecule has 94 valence electrons. The van der Waals surface area contributed by atoms with E-state index in [0.717, 1.165) is 39.1 Å². The maximum atomic E-state index is 11.9. The van der Waals surface area contributed by atoms with Gasteiger partial charge in [-0.15, -0.1) is 11.3 Å². The summed E-state index contributed by atoms with van der Waals surface area (Å²) in [6, 6.07) is 4.26. The standard InChI is InChI=1S/C13H20N2OS/c1-2-6-15-9-8-14(7-5-13(15)16)11-12-4-3-10-17-12/h3-4,10H,2,5-9,11H2,1H3. The highest BCUT2D eigenvalue weighted by molar-refractivity contribution is 7.09. The Kier molecular flexibility index (Phi) is 4.57. The number of hydrogen-bond donors (Lipinski definition) is 0. The third-order valence-corrected chi connectivity index (χ3v) is 3.99. The molecule has 1 saturated heterocycles. The average Bonchev–Trinajstić information content (AvgIpc) is 2.77. The maximum Gasteiger partial charge on any atom is 0.223 e. The minimum atomic E-state index is 0.320. The van der Waals surface area contributed by atoms with E-state index in [1.807, 2.05) is 4.90 Å². The molecule has 0 radical (unpaired) electrons. The number of carbonyl (C=O) groups is 1. The van der Waals surface area contributed by atoms with Crippen LogP contribution in [0, 0.1) is 0 Å². The lowest BCUT2D eigenvalue weighted by Crippen LogP contribution is -2.33. The predicted molar refractivity (Wildman–Crippen MR) is 71.1 cm³/mol. The largest absolute Gasteiger partial charge is 0.341 e. The first-order valence-electron chi connectivity index (χ1n) is 6.32. The highest BCUT2D eigenvalue weighted by Gasteiger charge is 2.20. The summed E-state index contributed by atoms with van der Waals surface area (Å²) in [6.45, 7) is 6.82. The molecule has 17 heavy (non-hydrogen) atoms. The van der Waals surface area contributed by atoms with Crippen molar-refractivity contribution in [2.75, 3.05) is 26.2 Å². The Balaban J connectivity index is 1.88. The minimum absolute atomic E-state index is 0.320. The van der Waals surface area contributed by atoms with E-state index in [9.17, 15) is 4.79 Å². The van der Waals surface area contributed by atoms with Gasteiger partial charge in [-0.1, -0.05) is 13.0 Å². The fourth-order valence-corrected chi connectivity index (χ4v) is 2.94. The zero-order chi connectivity index (χ0) is 12.1. The van der Waals surface area contributed by atoms with Crippen LogP contribution in [-0.2, 0) is 11.3 Å². The molecule has 1 aromatic heterocycles. The highest BCUT2D eigenvalue weighted by atomic mass is 32.1. The van der Waals surface area contributed by atoms with Gasteiger partial charge in [0.2, 0.25) is 5.91 Å². The fraction of sp³-hybridized carbons (Fsp3) is 0.615. The Labute approximate surface area is 107 Å². The van der Waals surface area contributed by atoms with E-state index >= 15 is 0 Å². The van der Waals surface area contributed by atoms with E-state index in [4.69, 9.17) is 0 Å². The van der Waals surface area contributed by atoms with Gasteiger partial charge in [-0.3, -0.25) is 9.69 Å². The van der Waals surface area contributed by atoms with Crippen molar-refractivity contribution in [2.24, 2.45) is 0 Å². The van der Waals surface area contributed by atoms with Gasteiger partial charge in [0.15, 0.2) is 0 Å². The number of thiophene rings is 1. The quantitative estimate of drug-likeness (QED) is 0.820. The molecule has 0 bridgehead atoms. The molecule has 1 aliphatic heterocycles. The van der Waals surface area contributed by atoms with E-state index in [2.05, 4.69) is 29.3 Å². The normalized spacial score (nSPS) is 18.4. The lowest BCUT2D eigenvalue weighted by atomic mass is 10.3. The molecule has 0 atom stereocenters. The van der Waals surface area contributed by atoms with E-state index in [-0.39, 0.29) is 0 Å². The molecular formula is C13H20N2OS. The second kappa shape index (κ2) is 6.17. The summed E-state index contributed by atoms with van der Waals surface area (Å²) in [6.07, 6.45) is 1.72. The zero-order valence-electron chi connectivity index (χ0n) is 10.4. The molecule has 0 spiro atoms.